The van der Waals surface area contributed by atoms with Crippen molar-refractivity contribution in [2.24, 2.45) is 0 Å². The van der Waals surface area contributed by atoms with E-state index >= 15 is 0 Å². The van der Waals surface area contributed by atoms with Gasteiger partial charge < -0.3 is 10.0 Å². The summed E-state index contributed by atoms with van der Waals surface area (Å²) in [5.74, 6) is -0.0911. The van der Waals surface area contributed by atoms with Gasteiger partial charge >= 0.3 is 0 Å². The number of para-hydroxylation sites is 1. The molecule has 0 aliphatic heterocycles. The second-order valence-electron chi connectivity index (χ2n) is 3.44. The molecule has 5 nitrogen and oxygen atoms in total. The molecule has 84 valence electrons. The normalized spacial score (nSPS) is 11.1. The monoisotopic (exact) mass is 230 g/mol. The largest absolute Gasteiger partial charge is 0.506 e. The fraction of sp³-hybridized carbons (Fsp3) is 0.333. The zero-order valence-corrected chi connectivity index (χ0v) is 9.67. The van der Waals surface area contributed by atoms with Gasteiger partial charge in [0.15, 0.2) is 0 Å². The molecule has 1 aromatic rings. The number of sulfonamides is 1. The molecule has 0 saturated carbocycles. The number of phenols is 1. The summed E-state index contributed by atoms with van der Waals surface area (Å²) in [5, 5.41) is 9.55. The lowest BCUT2D eigenvalue weighted by molar-refractivity contribution is 0.477. The molecule has 1 rings (SSSR count). The molecule has 0 atom stereocenters. The lowest BCUT2D eigenvalue weighted by atomic mass is 10.2. The Morgan fingerprint density at radius 2 is 1.93 bits per heavy atom. The molecule has 1 aromatic carbocycles. The summed E-state index contributed by atoms with van der Waals surface area (Å²) < 4.78 is 24.5. The number of phenolic OH excluding ortho intramolecular Hbond substituents is 1. The number of aromatic hydroxyl groups is 1. The highest BCUT2D eigenvalue weighted by Crippen LogP contribution is 2.33. The van der Waals surface area contributed by atoms with E-state index in [9.17, 15) is 13.5 Å². The summed E-state index contributed by atoms with van der Waals surface area (Å²) >= 11 is 0. The van der Waals surface area contributed by atoms with E-state index in [4.69, 9.17) is 0 Å². The minimum atomic E-state index is -3.39. The fourth-order valence-electron chi connectivity index (χ4n) is 1.19. The maximum absolute atomic E-state index is 11.1. The summed E-state index contributed by atoms with van der Waals surface area (Å²) in [6.45, 7) is 0. The smallest absolute Gasteiger partial charge is 0.230 e. The first-order valence-electron chi connectivity index (χ1n) is 4.28. The van der Waals surface area contributed by atoms with Gasteiger partial charge in [0.2, 0.25) is 10.0 Å². The van der Waals surface area contributed by atoms with E-state index in [1.54, 1.807) is 31.1 Å². The van der Waals surface area contributed by atoms with Gasteiger partial charge in [-0.1, -0.05) is 6.07 Å². The van der Waals surface area contributed by atoms with E-state index in [-0.39, 0.29) is 11.4 Å². The van der Waals surface area contributed by atoms with Gasteiger partial charge in [0.25, 0.3) is 0 Å². The predicted molar refractivity (Wildman–Crippen MR) is 60.9 cm³/mol. The van der Waals surface area contributed by atoms with E-state index in [1.165, 1.54) is 6.07 Å². The van der Waals surface area contributed by atoms with Gasteiger partial charge in [-0.05, 0) is 12.1 Å². The molecule has 0 amide bonds. The van der Waals surface area contributed by atoms with Crippen LogP contribution >= 0.6 is 0 Å². The van der Waals surface area contributed by atoms with Crippen molar-refractivity contribution in [1.29, 1.82) is 0 Å². The van der Waals surface area contributed by atoms with Gasteiger partial charge in [0.05, 0.1) is 11.9 Å². The fourth-order valence-corrected chi connectivity index (χ4v) is 1.77. The molecule has 0 aliphatic rings. The van der Waals surface area contributed by atoms with E-state index in [0.717, 1.165) is 6.26 Å². The zero-order valence-electron chi connectivity index (χ0n) is 8.85. The van der Waals surface area contributed by atoms with Crippen LogP contribution in [0, 0.1) is 0 Å². The quantitative estimate of drug-likeness (QED) is 0.755. The molecule has 0 unspecified atom stereocenters. The van der Waals surface area contributed by atoms with Crippen molar-refractivity contribution in [3.63, 3.8) is 0 Å². The number of nitrogens with one attached hydrogen (secondary N) is 1. The summed E-state index contributed by atoms with van der Waals surface area (Å²) in [7, 11) is 0.140. The highest BCUT2D eigenvalue weighted by atomic mass is 32.2. The Kier molecular flexibility index (Phi) is 3.09. The lowest BCUT2D eigenvalue weighted by Crippen LogP contribution is -2.15. The van der Waals surface area contributed by atoms with Crippen LogP contribution in [-0.4, -0.2) is 33.9 Å². The van der Waals surface area contributed by atoms with Crippen molar-refractivity contribution in [2.75, 3.05) is 30.0 Å². The molecule has 0 aromatic heterocycles. The minimum Gasteiger partial charge on any atom is -0.506 e. The zero-order chi connectivity index (χ0) is 11.6. The maximum atomic E-state index is 11.1. The SMILES string of the molecule is CN(C)c1cccc(O)c1NS(C)(=O)=O. The van der Waals surface area contributed by atoms with Crippen molar-refractivity contribution >= 4 is 21.4 Å². The van der Waals surface area contributed by atoms with Gasteiger partial charge in [-0.3, -0.25) is 4.72 Å². The van der Waals surface area contributed by atoms with Crippen molar-refractivity contribution in [1.82, 2.24) is 0 Å². The van der Waals surface area contributed by atoms with Crippen molar-refractivity contribution < 1.29 is 13.5 Å². The summed E-state index contributed by atoms with van der Waals surface area (Å²) in [5.41, 5.74) is 0.811. The maximum Gasteiger partial charge on any atom is 0.230 e. The third-order valence-electron chi connectivity index (χ3n) is 1.79. The minimum absolute atomic E-state index is 0.0911. The molecule has 2 N–H and O–H groups in total. The van der Waals surface area contributed by atoms with Crippen LogP contribution in [0.3, 0.4) is 0 Å². The van der Waals surface area contributed by atoms with Crippen LogP contribution in [0.5, 0.6) is 5.75 Å². The summed E-state index contributed by atoms with van der Waals surface area (Å²) in [6, 6.07) is 4.80. The topological polar surface area (TPSA) is 69.6 Å². The summed E-state index contributed by atoms with van der Waals surface area (Å²) in [6.07, 6.45) is 1.04. The average Bonchev–Trinajstić information content (AvgIpc) is 2.05. The molecule has 0 radical (unpaired) electrons. The third-order valence-corrected chi connectivity index (χ3v) is 2.36. The van der Waals surface area contributed by atoms with E-state index in [0.29, 0.717) is 5.69 Å². The molecule has 15 heavy (non-hydrogen) atoms. The van der Waals surface area contributed by atoms with Crippen molar-refractivity contribution in [2.45, 2.75) is 0 Å². The van der Waals surface area contributed by atoms with E-state index < -0.39 is 10.0 Å². The second kappa shape index (κ2) is 3.98. The molecule has 6 heteroatoms. The van der Waals surface area contributed by atoms with Gasteiger partial charge in [0, 0.05) is 14.1 Å². The Balaban J connectivity index is 3.25. The van der Waals surface area contributed by atoms with Crippen LogP contribution in [0.25, 0.3) is 0 Å². The predicted octanol–water partition coefficient (Wildman–Crippen LogP) is 0.830. The van der Waals surface area contributed by atoms with E-state index in [1.807, 2.05) is 0 Å². The number of nitrogens with zero attached hydrogens (tertiary/aromatic N) is 1. The first kappa shape index (κ1) is 11.6. The van der Waals surface area contributed by atoms with Crippen LogP contribution in [0.2, 0.25) is 0 Å². The molecule has 0 fully saturated rings. The van der Waals surface area contributed by atoms with Crippen LogP contribution in [0.15, 0.2) is 18.2 Å². The highest BCUT2D eigenvalue weighted by Gasteiger charge is 2.12. The first-order chi connectivity index (χ1) is 6.81. The van der Waals surface area contributed by atoms with Crippen LogP contribution in [0.1, 0.15) is 0 Å². The van der Waals surface area contributed by atoms with E-state index in [2.05, 4.69) is 4.72 Å². The number of rotatable bonds is 3. The average molecular weight is 230 g/mol. The van der Waals surface area contributed by atoms with Crippen LogP contribution < -0.4 is 9.62 Å². The number of anilines is 2. The number of hydrogen-bond donors (Lipinski definition) is 2. The molecular weight excluding hydrogens is 216 g/mol. The Morgan fingerprint density at radius 1 is 1.33 bits per heavy atom. The first-order valence-corrected chi connectivity index (χ1v) is 6.17. The Bertz CT molecular complexity index is 454. The van der Waals surface area contributed by atoms with Gasteiger partial charge in [-0.15, -0.1) is 0 Å². The summed E-state index contributed by atoms with van der Waals surface area (Å²) in [4.78, 5) is 1.72. The van der Waals surface area contributed by atoms with Crippen molar-refractivity contribution in [3.8, 4) is 5.75 Å². The molecule has 0 aliphatic carbocycles. The Labute approximate surface area is 89.4 Å². The molecular formula is C9H14N2O3S. The Morgan fingerprint density at radius 3 is 2.40 bits per heavy atom. The highest BCUT2D eigenvalue weighted by molar-refractivity contribution is 7.92. The molecule has 0 saturated heterocycles. The second-order valence-corrected chi connectivity index (χ2v) is 5.19. The standard InChI is InChI=1S/C9H14N2O3S/c1-11(2)7-5-4-6-8(12)9(7)10-15(3,13)14/h4-6,10,12H,1-3H3. The van der Waals surface area contributed by atoms with Crippen LogP contribution in [-0.2, 0) is 10.0 Å². The molecule has 0 heterocycles. The molecule has 0 bridgehead atoms. The van der Waals surface area contributed by atoms with Crippen LogP contribution in [0.4, 0.5) is 11.4 Å². The molecule has 0 spiro atoms. The van der Waals surface area contributed by atoms with Gasteiger partial charge in [-0.2, -0.15) is 0 Å². The number of hydrogen-bond acceptors (Lipinski definition) is 4. The third kappa shape index (κ3) is 3.02. The lowest BCUT2D eigenvalue weighted by Gasteiger charge is -2.18. The Hall–Kier alpha value is -1.43. The van der Waals surface area contributed by atoms with Gasteiger partial charge in [0.1, 0.15) is 11.4 Å². The number of benzene rings is 1. The van der Waals surface area contributed by atoms with Gasteiger partial charge in [-0.25, -0.2) is 8.42 Å². The van der Waals surface area contributed by atoms with Crippen molar-refractivity contribution in [3.05, 3.63) is 18.2 Å².